The molecule has 0 radical (unpaired) electrons. The number of likely N-dealkylation sites (N-methyl/N-ethyl adjacent to an activating group) is 1. The monoisotopic (exact) mass is 482 g/mol. The Kier molecular flexibility index (Phi) is 8.24. The Balaban J connectivity index is 1.60. The molecule has 34 heavy (non-hydrogen) atoms. The molecule has 1 heterocycles. The average Bonchev–Trinajstić information content (AvgIpc) is 3.58. The lowest BCUT2D eigenvalue weighted by Gasteiger charge is -2.37. The summed E-state index contributed by atoms with van der Waals surface area (Å²) in [6, 6.07) is 17.5. The first-order valence-electron chi connectivity index (χ1n) is 12.2. The van der Waals surface area contributed by atoms with Gasteiger partial charge in [-0.1, -0.05) is 54.1 Å². The van der Waals surface area contributed by atoms with Gasteiger partial charge in [-0.15, -0.1) is 0 Å². The summed E-state index contributed by atoms with van der Waals surface area (Å²) in [7, 11) is 2.04. The van der Waals surface area contributed by atoms with Gasteiger partial charge < -0.3 is 19.9 Å². The Morgan fingerprint density at radius 1 is 1.18 bits per heavy atom. The maximum Gasteiger partial charge on any atom is 0.255 e. The molecule has 182 valence electrons. The molecule has 1 aliphatic heterocycles. The van der Waals surface area contributed by atoms with Crippen LogP contribution in [-0.4, -0.2) is 68.5 Å². The van der Waals surface area contributed by atoms with E-state index in [-0.39, 0.29) is 11.9 Å². The molecule has 6 nitrogen and oxygen atoms in total. The Labute approximate surface area is 207 Å². The first kappa shape index (κ1) is 24.7. The smallest absolute Gasteiger partial charge is 0.255 e. The molecule has 0 saturated heterocycles. The summed E-state index contributed by atoms with van der Waals surface area (Å²) in [4.78, 5) is 23.4. The van der Waals surface area contributed by atoms with E-state index in [1.165, 1.54) is 12.8 Å². The van der Waals surface area contributed by atoms with E-state index in [0.717, 1.165) is 30.8 Å². The molecule has 2 aromatic carbocycles. The first-order valence-corrected chi connectivity index (χ1v) is 12.6. The highest BCUT2D eigenvalue weighted by molar-refractivity contribution is 6.30. The molecule has 1 aliphatic carbocycles. The summed E-state index contributed by atoms with van der Waals surface area (Å²) in [5.41, 5.74) is 0.871. The lowest BCUT2D eigenvalue weighted by molar-refractivity contribution is -0.128. The molecule has 0 aromatic heterocycles. The normalized spacial score (nSPS) is 21.9. The van der Waals surface area contributed by atoms with Gasteiger partial charge in [0.05, 0.1) is 19.0 Å². The van der Waals surface area contributed by atoms with Gasteiger partial charge in [0.2, 0.25) is 0 Å². The number of halogens is 1. The predicted octanol–water partition coefficient (Wildman–Crippen LogP) is 4.12. The summed E-state index contributed by atoms with van der Waals surface area (Å²) in [6.45, 7) is 6.41. The number of benzene rings is 2. The van der Waals surface area contributed by atoms with Crippen molar-refractivity contribution in [3.05, 3.63) is 70.7 Å². The van der Waals surface area contributed by atoms with Crippen LogP contribution in [0.25, 0.3) is 0 Å². The number of hydrogen-bond acceptors (Lipinski definition) is 5. The molecule has 1 fully saturated rings. The number of carbonyl (C=O) groups excluding carboxylic acids is 1. The number of ether oxygens (including phenoxy) is 1. The zero-order valence-electron chi connectivity index (χ0n) is 20.1. The number of nitrogens with zero attached hydrogens (tertiary/aromatic N) is 3. The molecule has 0 bridgehead atoms. The number of amides is 1. The van der Waals surface area contributed by atoms with Crippen LogP contribution in [-0.2, 0) is 15.1 Å². The Bertz CT molecular complexity index is 964. The molecule has 1 N–H and O–H groups in total. The minimum absolute atomic E-state index is 0.0774. The molecule has 0 spiro atoms. The van der Waals surface area contributed by atoms with E-state index in [2.05, 4.69) is 15.1 Å². The van der Waals surface area contributed by atoms with Crippen LogP contribution in [0.4, 0.5) is 0 Å². The largest absolute Gasteiger partial charge is 0.380 e. The van der Waals surface area contributed by atoms with Gasteiger partial charge >= 0.3 is 0 Å². The van der Waals surface area contributed by atoms with Crippen LogP contribution >= 0.6 is 11.6 Å². The van der Waals surface area contributed by atoms with Crippen LogP contribution in [0.1, 0.15) is 36.9 Å². The molecule has 2 unspecified atom stereocenters. The minimum atomic E-state index is -1.06. The zero-order chi connectivity index (χ0) is 24.0. The first-order chi connectivity index (χ1) is 16.5. The standard InChI is InChI=1S/C27H35ClN4O2/c1-3-34-18-17-31(2)16-15-29-26(33)27(23-7-5-4-6-8-23)25(22-11-13-24(28)14-12-22)32(20-30-27)19-21-9-10-21/h4-8,11-14,20-21,25H,3,9-10,15-19H2,1-2H3,(H,29,33). The molecular formula is C27H35ClN4O2. The van der Waals surface area contributed by atoms with Crippen LogP contribution < -0.4 is 5.32 Å². The lowest BCUT2D eigenvalue weighted by Crippen LogP contribution is -2.50. The molecule has 2 aromatic rings. The van der Waals surface area contributed by atoms with Gasteiger partial charge in [-0.2, -0.15) is 0 Å². The quantitative estimate of drug-likeness (QED) is 0.462. The van der Waals surface area contributed by atoms with Crippen molar-refractivity contribution in [2.75, 3.05) is 46.4 Å². The highest BCUT2D eigenvalue weighted by Crippen LogP contribution is 2.47. The summed E-state index contributed by atoms with van der Waals surface area (Å²) >= 11 is 6.21. The number of carbonyl (C=O) groups is 1. The van der Waals surface area contributed by atoms with E-state index < -0.39 is 5.54 Å². The second-order valence-electron chi connectivity index (χ2n) is 9.23. The van der Waals surface area contributed by atoms with Gasteiger partial charge in [-0.3, -0.25) is 9.79 Å². The highest BCUT2D eigenvalue weighted by Gasteiger charge is 2.53. The van der Waals surface area contributed by atoms with Gasteiger partial charge in [0.25, 0.3) is 5.91 Å². The van der Waals surface area contributed by atoms with Crippen molar-refractivity contribution in [2.24, 2.45) is 10.9 Å². The van der Waals surface area contributed by atoms with Crippen molar-refractivity contribution < 1.29 is 9.53 Å². The van der Waals surface area contributed by atoms with Crippen molar-refractivity contribution in [1.82, 2.24) is 15.1 Å². The van der Waals surface area contributed by atoms with E-state index in [1.54, 1.807) is 0 Å². The molecule has 2 atom stereocenters. The van der Waals surface area contributed by atoms with E-state index in [1.807, 2.05) is 74.9 Å². The third-order valence-electron chi connectivity index (χ3n) is 6.65. The summed E-state index contributed by atoms with van der Waals surface area (Å²) in [5.74, 6) is 0.585. The van der Waals surface area contributed by atoms with E-state index in [9.17, 15) is 4.79 Å². The molecule has 7 heteroatoms. The topological polar surface area (TPSA) is 57.2 Å². The highest BCUT2D eigenvalue weighted by atomic mass is 35.5. The zero-order valence-corrected chi connectivity index (χ0v) is 20.9. The van der Waals surface area contributed by atoms with Gasteiger partial charge in [-0.25, -0.2) is 0 Å². The molecule has 2 aliphatic rings. The Hall–Kier alpha value is -2.41. The lowest BCUT2D eigenvalue weighted by atomic mass is 9.79. The van der Waals surface area contributed by atoms with E-state index in [0.29, 0.717) is 30.7 Å². The Morgan fingerprint density at radius 3 is 2.59 bits per heavy atom. The maximum absolute atomic E-state index is 14.0. The second-order valence-corrected chi connectivity index (χ2v) is 9.66. The third kappa shape index (κ3) is 5.62. The summed E-state index contributed by atoms with van der Waals surface area (Å²) < 4.78 is 5.44. The van der Waals surface area contributed by atoms with Crippen LogP contribution in [0.3, 0.4) is 0 Å². The van der Waals surface area contributed by atoms with E-state index >= 15 is 0 Å². The Morgan fingerprint density at radius 2 is 1.91 bits per heavy atom. The van der Waals surface area contributed by atoms with Crippen molar-refractivity contribution in [1.29, 1.82) is 0 Å². The number of aliphatic imine (C=N–C) groups is 1. The van der Waals surface area contributed by atoms with Gasteiger partial charge in [0, 0.05) is 37.8 Å². The second kappa shape index (κ2) is 11.3. The van der Waals surface area contributed by atoms with Crippen molar-refractivity contribution in [3.8, 4) is 0 Å². The fourth-order valence-corrected chi connectivity index (χ4v) is 4.71. The molecule has 4 rings (SSSR count). The van der Waals surface area contributed by atoms with Crippen LogP contribution in [0, 0.1) is 5.92 Å². The van der Waals surface area contributed by atoms with Crippen LogP contribution in [0.5, 0.6) is 0 Å². The number of nitrogens with one attached hydrogen (secondary N) is 1. The summed E-state index contributed by atoms with van der Waals surface area (Å²) in [5, 5.41) is 3.88. The SMILES string of the molecule is CCOCCN(C)CCNC(=O)C1(c2ccccc2)N=CN(CC2CC2)C1c1ccc(Cl)cc1. The fourth-order valence-electron chi connectivity index (χ4n) is 4.58. The minimum Gasteiger partial charge on any atom is -0.380 e. The fraction of sp³-hybridized carbons (Fsp3) is 0.481. The maximum atomic E-state index is 14.0. The van der Waals surface area contributed by atoms with Gasteiger partial charge in [0.1, 0.15) is 0 Å². The van der Waals surface area contributed by atoms with E-state index in [4.69, 9.17) is 21.3 Å². The molecule has 1 saturated carbocycles. The van der Waals surface area contributed by atoms with Crippen molar-refractivity contribution in [2.45, 2.75) is 31.3 Å². The van der Waals surface area contributed by atoms with Crippen LogP contribution in [0.2, 0.25) is 5.02 Å². The van der Waals surface area contributed by atoms with Gasteiger partial charge in [0.15, 0.2) is 5.54 Å². The summed E-state index contributed by atoms with van der Waals surface area (Å²) in [6.07, 6.45) is 4.35. The third-order valence-corrected chi connectivity index (χ3v) is 6.90. The average molecular weight is 483 g/mol. The van der Waals surface area contributed by atoms with Crippen molar-refractivity contribution >= 4 is 23.8 Å². The number of rotatable bonds is 12. The van der Waals surface area contributed by atoms with Gasteiger partial charge in [-0.05, 0) is 56.0 Å². The van der Waals surface area contributed by atoms with Crippen LogP contribution in [0.15, 0.2) is 59.6 Å². The number of hydrogen-bond donors (Lipinski definition) is 1. The molecular weight excluding hydrogens is 448 g/mol. The molecule has 1 amide bonds. The van der Waals surface area contributed by atoms with Crippen molar-refractivity contribution in [3.63, 3.8) is 0 Å². The predicted molar refractivity (Wildman–Crippen MR) is 137 cm³/mol.